The molecule has 1 aliphatic carbocycles. The SMILES string of the molecule is Cc1cc(C(=O)NCC2(C)CCC2)cc(S(N)(=O)=O)c1F. The minimum Gasteiger partial charge on any atom is -0.351 e. The van der Waals surface area contributed by atoms with Crippen LogP contribution in [0.4, 0.5) is 4.39 Å². The van der Waals surface area contributed by atoms with Crippen LogP contribution in [0.2, 0.25) is 0 Å². The number of amides is 1. The van der Waals surface area contributed by atoms with Crippen LogP contribution in [0.5, 0.6) is 0 Å². The maximum absolute atomic E-state index is 13.8. The second-order valence-electron chi connectivity index (χ2n) is 6.00. The topological polar surface area (TPSA) is 89.3 Å². The number of rotatable bonds is 4. The molecule has 1 aromatic carbocycles. The molecule has 0 heterocycles. The Bertz CT molecular complexity index is 682. The molecule has 1 aromatic rings. The van der Waals surface area contributed by atoms with Gasteiger partial charge in [0, 0.05) is 12.1 Å². The van der Waals surface area contributed by atoms with E-state index in [2.05, 4.69) is 12.2 Å². The molecule has 3 N–H and O–H groups in total. The highest BCUT2D eigenvalue weighted by Gasteiger charge is 2.32. The molecule has 21 heavy (non-hydrogen) atoms. The number of halogens is 1. The number of carbonyl (C=O) groups is 1. The third kappa shape index (κ3) is 3.41. The van der Waals surface area contributed by atoms with E-state index < -0.39 is 26.6 Å². The first-order valence-corrected chi connectivity index (χ1v) is 8.28. The van der Waals surface area contributed by atoms with Crippen LogP contribution in [0.15, 0.2) is 17.0 Å². The Labute approximate surface area is 123 Å². The molecule has 1 saturated carbocycles. The van der Waals surface area contributed by atoms with E-state index in [1.165, 1.54) is 13.0 Å². The van der Waals surface area contributed by atoms with Crippen LogP contribution in [0.25, 0.3) is 0 Å². The van der Waals surface area contributed by atoms with Gasteiger partial charge in [-0.25, -0.2) is 17.9 Å². The predicted molar refractivity (Wildman–Crippen MR) is 76.8 cm³/mol. The quantitative estimate of drug-likeness (QED) is 0.886. The molecule has 0 aromatic heterocycles. The Kier molecular flexibility index (Phi) is 4.08. The fraction of sp³-hybridized carbons (Fsp3) is 0.500. The molecule has 1 aliphatic rings. The van der Waals surface area contributed by atoms with Gasteiger partial charge in [-0.05, 0) is 42.9 Å². The van der Waals surface area contributed by atoms with Gasteiger partial charge in [-0.2, -0.15) is 0 Å². The Morgan fingerprint density at radius 1 is 1.43 bits per heavy atom. The van der Waals surface area contributed by atoms with Crippen molar-refractivity contribution in [3.63, 3.8) is 0 Å². The lowest BCUT2D eigenvalue weighted by Crippen LogP contribution is -2.40. The van der Waals surface area contributed by atoms with Gasteiger partial charge in [-0.3, -0.25) is 4.79 Å². The highest BCUT2D eigenvalue weighted by Crippen LogP contribution is 2.39. The monoisotopic (exact) mass is 314 g/mol. The van der Waals surface area contributed by atoms with Crippen LogP contribution in [-0.2, 0) is 10.0 Å². The first kappa shape index (κ1) is 15.9. The fourth-order valence-electron chi connectivity index (χ4n) is 2.43. The van der Waals surface area contributed by atoms with Crippen molar-refractivity contribution in [3.8, 4) is 0 Å². The van der Waals surface area contributed by atoms with E-state index in [0.717, 1.165) is 25.3 Å². The van der Waals surface area contributed by atoms with Gasteiger partial charge < -0.3 is 5.32 Å². The molecule has 0 saturated heterocycles. The van der Waals surface area contributed by atoms with Crippen molar-refractivity contribution in [3.05, 3.63) is 29.1 Å². The molecule has 0 unspecified atom stereocenters. The lowest BCUT2D eigenvalue weighted by atomic mass is 9.70. The summed E-state index contributed by atoms with van der Waals surface area (Å²) in [5.41, 5.74) is 0.274. The summed E-state index contributed by atoms with van der Waals surface area (Å²) >= 11 is 0. The van der Waals surface area contributed by atoms with Crippen molar-refractivity contribution in [2.24, 2.45) is 10.6 Å². The molecule has 0 spiro atoms. The van der Waals surface area contributed by atoms with Gasteiger partial charge in [0.05, 0.1) is 0 Å². The van der Waals surface area contributed by atoms with E-state index in [1.807, 2.05) is 0 Å². The molecule has 7 heteroatoms. The van der Waals surface area contributed by atoms with E-state index in [1.54, 1.807) is 0 Å². The minimum absolute atomic E-state index is 0.0709. The number of aryl methyl sites for hydroxylation is 1. The molecule has 0 atom stereocenters. The molecule has 116 valence electrons. The van der Waals surface area contributed by atoms with E-state index in [-0.39, 0.29) is 16.5 Å². The average molecular weight is 314 g/mol. The number of primary sulfonamides is 1. The van der Waals surface area contributed by atoms with Crippen molar-refractivity contribution < 1.29 is 17.6 Å². The Morgan fingerprint density at radius 2 is 2.05 bits per heavy atom. The van der Waals surface area contributed by atoms with Gasteiger partial charge in [0.25, 0.3) is 5.91 Å². The number of hydrogen-bond acceptors (Lipinski definition) is 3. The minimum atomic E-state index is -4.20. The van der Waals surface area contributed by atoms with Crippen LogP contribution >= 0.6 is 0 Å². The van der Waals surface area contributed by atoms with Crippen molar-refractivity contribution in [1.29, 1.82) is 0 Å². The molecular weight excluding hydrogens is 295 g/mol. The Morgan fingerprint density at radius 3 is 2.52 bits per heavy atom. The van der Waals surface area contributed by atoms with Crippen molar-refractivity contribution in [1.82, 2.24) is 5.32 Å². The van der Waals surface area contributed by atoms with Crippen LogP contribution in [0.3, 0.4) is 0 Å². The number of sulfonamides is 1. The summed E-state index contributed by atoms with van der Waals surface area (Å²) in [7, 11) is -4.20. The highest BCUT2D eigenvalue weighted by atomic mass is 32.2. The normalized spacial score (nSPS) is 17.1. The molecule has 0 radical (unpaired) electrons. The lowest BCUT2D eigenvalue weighted by Gasteiger charge is -2.38. The van der Waals surface area contributed by atoms with Gasteiger partial charge in [0.15, 0.2) is 0 Å². The molecule has 5 nitrogen and oxygen atoms in total. The Balaban J connectivity index is 2.23. The molecule has 0 aliphatic heterocycles. The zero-order valence-electron chi connectivity index (χ0n) is 12.1. The summed E-state index contributed by atoms with van der Waals surface area (Å²) in [6, 6.07) is 2.30. The summed E-state index contributed by atoms with van der Waals surface area (Å²) in [6.45, 7) is 4.00. The van der Waals surface area contributed by atoms with E-state index in [4.69, 9.17) is 5.14 Å². The van der Waals surface area contributed by atoms with Crippen molar-refractivity contribution >= 4 is 15.9 Å². The number of nitrogens with two attached hydrogens (primary N) is 1. The smallest absolute Gasteiger partial charge is 0.251 e. The molecule has 2 rings (SSSR count). The molecule has 1 fully saturated rings. The van der Waals surface area contributed by atoms with Crippen LogP contribution in [0.1, 0.15) is 42.1 Å². The lowest BCUT2D eigenvalue weighted by molar-refractivity contribution is 0.0890. The van der Waals surface area contributed by atoms with E-state index in [9.17, 15) is 17.6 Å². The van der Waals surface area contributed by atoms with E-state index >= 15 is 0 Å². The highest BCUT2D eigenvalue weighted by molar-refractivity contribution is 7.89. The summed E-state index contributed by atoms with van der Waals surface area (Å²) in [5.74, 6) is -1.34. The van der Waals surface area contributed by atoms with Gasteiger partial charge in [-0.15, -0.1) is 0 Å². The van der Waals surface area contributed by atoms with Gasteiger partial charge in [0.1, 0.15) is 10.7 Å². The summed E-state index contributed by atoms with van der Waals surface area (Å²) < 4.78 is 36.5. The summed E-state index contributed by atoms with van der Waals surface area (Å²) in [6.07, 6.45) is 3.26. The average Bonchev–Trinajstić information content (AvgIpc) is 2.35. The van der Waals surface area contributed by atoms with Crippen LogP contribution < -0.4 is 10.5 Å². The number of hydrogen-bond donors (Lipinski definition) is 2. The van der Waals surface area contributed by atoms with Crippen LogP contribution in [-0.4, -0.2) is 20.9 Å². The fourth-order valence-corrected chi connectivity index (χ4v) is 3.13. The molecule has 1 amide bonds. The zero-order valence-corrected chi connectivity index (χ0v) is 12.9. The maximum atomic E-state index is 13.8. The maximum Gasteiger partial charge on any atom is 0.251 e. The standard InChI is InChI=1S/C14H19FN2O3S/c1-9-6-10(7-11(12(9)15)21(16,19)20)13(18)17-8-14(2)4-3-5-14/h6-7H,3-5,8H2,1-2H3,(H,17,18)(H2,16,19,20). The van der Waals surface area contributed by atoms with Crippen LogP contribution in [0, 0.1) is 18.2 Å². The Hall–Kier alpha value is -1.47. The molecule has 0 bridgehead atoms. The van der Waals surface area contributed by atoms with E-state index in [0.29, 0.717) is 6.54 Å². The second-order valence-corrected chi connectivity index (χ2v) is 7.53. The van der Waals surface area contributed by atoms with Gasteiger partial charge in [0.2, 0.25) is 10.0 Å². The van der Waals surface area contributed by atoms with Crippen molar-refractivity contribution in [2.75, 3.05) is 6.54 Å². The first-order chi connectivity index (χ1) is 9.62. The third-order valence-corrected chi connectivity index (χ3v) is 4.94. The van der Waals surface area contributed by atoms with Gasteiger partial charge >= 0.3 is 0 Å². The second kappa shape index (κ2) is 5.38. The van der Waals surface area contributed by atoms with Crippen molar-refractivity contribution in [2.45, 2.75) is 38.0 Å². The summed E-state index contributed by atoms with van der Waals surface area (Å²) in [4.78, 5) is 11.5. The number of nitrogens with one attached hydrogen (secondary N) is 1. The zero-order chi connectivity index (χ0) is 15.8. The predicted octanol–water partition coefficient (Wildman–Crippen LogP) is 1.70. The largest absolute Gasteiger partial charge is 0.351 e. The molecular formula is C14H19FN2O3S. The first-order valence-electron chi connectivity index (χ1n) is 6.74. The number of carbonyl (C=O) groups excluding carboxylic acids is 1. The van der Waals surface area contributed by atoms with Gasteiger partial charge in [-0.1, -0.05) is 13.3 Å². The summed E-state index contributed by atoms with van der Waals surface area (Å²) in [5, 5.41) is 7.74. The number of benzene rings is 1. The third-order valence-electron chi connectivity index (χ3n) is 4.03.